The van der Waals surface area contributed by atoms with E-state index in [9.17, 15) is 14.0 Å². The van der Waals surface area contributed by atoms with E-state index in [-0.39, 0.29) is 11.7 Å². The van der Waals surface area contributed by atoms with Gasteiger partial charge in [-0.3, -0.25) is 4.79 Å². The third-order valence-corrected chi connectivity index (χ3v) is 5.01. The maximum absolute atomic E-state index is 13.2. The maximum Gasteiger partial charge on any atom is 0.407 e. The Kier molecular flexibility index (Phi) is 7.15. The molecule has 2 aromatic rings. The lowest BCUT2D eigenvalue weighted by molar-refractivity contribution is 0.0523. The average Bonchev–Trinajstić information content (AvgIpc) is 2.98. The summed E-state index contributed by atoms with van der Waals surface area (Å²) in [4.78, 5) is 28.8. The highest BCUT2D eigenvalue weighted by Crippen LogP contribution is 2.18. The summed E-state index contributed by atoms with van der Waals surface area (Å²) >= 11 is 0. The van der Waals surface area contributed by atoms with Crippen LogP contribution in [0.15, 0.2) is 48.5 Å². The van der Waals surface area contributed by atoms with Crippen molar-refractivity contribution in [1.29, 1.82) is 0 Å². The molecular weight excluding hydrogens is 397 g/mol. The third-order valence-electron chi connectivity index (χ3n) is 5.01. The summed E-state index contributed by atoms with van der Waals surface area (Å²) in [5.74, 6) is -0.257. The zero-order valence-electron chi connectivity index (χ0n) is 18.4. The van der Waals surface area contributed by atoms with E-state index in [0.29, 0.717) is 31.7 Å². The number of nitrogens with zero attached hydrogens (tertiary/aromatic N) is 2. The number of ether oxygens (including phenoxy) is 1. The van der Waals surface area contributed by atoms with Crippen molar-refractivity contribution in [3.05, 3.63) is 65.5 Å². The molecule has 0 saturated carbocycles. The molecule has 0 unspecified atom stereocenters. The van der Waals surface area contributed by atoms with Gasteiger partial charge in [0.2, 0.25) is 0 Å². The number of amides is 2. The predicted molar refractivity (Wildman–Crippen MR) is 119 cm³/mol. The third kappa shape index (κ3) is 6.70. The van der Waals surface area contributed by atoms with Crippen LogP contribution >= 0.6 is 0 Å². The van der Waals surface area contributed by atoms with Crippen LogP contribution in [0.25, 0.3) is 0 Å². The fourth-order valence-electron chi connectivity index (χ4n) is 3.47. The summed E-state index contributed by atoms with van der Waals surface area (Å²) in [6.07, 6.45) is 0.379. The van der Waals surface area contributed by atoms with Gasteiger partial charge in [0.25, 0.3) is 5.91 Å². The zero-order valence-corrected chi connectivity index (χ0v) is 18.4. The Labute approximate surface area is 183 Å². The molecular formula is C24H30FN3O3. The summed E-state index contributed by atoms with van der Waals surface area (Å²) in [6, 6.07) is 13.7. The van der Waals surface area contributed by atoms with Gasteiger partial charge >= 0.3 is 6.09 Å². The molecule has 1 fully saturated rings. The van der Waals surface area contributed by atoms with Gasteiger partial charge in [0.15, 0.2) is 0 Å². The van der Waals surface area contributed by atoms with Crippen molar-refractivity contribution >= 4 is 17.7 Å². The fraction of sp³-hybridized carbons (Fsp3) is 0.417. The highest BCUT2D eigenvalue weighted by molar-refractivity contribution is 5.94. The number of anilines is 1. The molecule has 3 rings (SSSR count). The first-order chi connectivity index (χ1) is 14.7. The van der Waals surface area contributed by atoms with E-state index in [1.54, 1.807) is 24.3 Å². The number of carbonyl (C=O) groups is 2. The minimum Gasteiger partial charge on any atom is -0.444 e. The number of benzene rings is 2. The smallest absolute Gasteiger partial charge is 0.407 e. The van der Waals surface area contributed by atoms with Gasteiger partial charge in [-0.25, -0.2) is 9.18 Å². The first kappa shape index (κ1) is 22.6. The van der Waals surface area contributed by atoms with Gasteiger partial charge < -0.3 is 19.9 Å². The monoisotopic (exact) mass is 427 g/mol. The van der Waals surface area contributed by atoms with Crippen LogP contribution in [-0.2, 0) is 11.3 Å². The summed E-state index contributed by atoms with van der Waals surface area (Å²) < 4.78 is 18.4. The highest BCUT2D eigenvalue weighted by atomic mass is 19.1. The summed E-state index contributed by atoms with van der Waals surface area (Å²) in [6.45, 7) is 8.59. The molecule has 166 valence electrons. The lowest BCUT2D eigenvalue weighted by Gasteiger charge is -2.24. The molecule has 2 amide bonds. The minimum absolute atomic E-state index is 0.00684. The van der Waals surface area contributed by atoms with E-state index >= 15 is 0 Å². The second kappa shape index (κ2) is 9.81. The van der Waals surface area contributed by atoms with Gasteiger partial charge in [-0.05, 0) is 69.2 Å². The molecule has 2 aromatic carbocycles. The SMILES string of the molecule is CC(C)(C)OC(=O)NCc1ccc(C(=O)N2CCCN(c3ccc(F)cc3)CC2)cc1. The van der Waals surface area contributed by atoms with Crippen molar-refractivity contribution < 1.29 is 18.7 Å². The van der Waals surface area contributed by atoms with Crippen molar-refractivity contribution in [2.45, 2.75) is 39.3 Å². The summed E-state index contributed by atoms with van der Waals surface area (Å²) in [5.41, 5.74) is 1.94. The van der Waals surface area contributed by atoms with Crippen LogP contribution in [0.3, 0.4) is 0 Å². The first-order valence-electron chi connectivity index (χ1n) is 10.6. The van der Waals surface area contributed by atoms with Gasteiger partial charge in [-0.15, -0.1) is 0 Å². The quantitative estimate of drug-likeness (QED) is 0.794. The van der Waals surface area contributed by atoms with Crippen molar-refractivity contribution in [1.82, 2.24) is 10.2 Å². The maximum atomic E-state index is 13.2. The molecule has 0 radical (unpaired) electrons. The highest BCUT2D eigenvalue weighted by Gasteiger charge is 2.21. The number of hydrogen-bond donors (Lipinski definition) is 1. The normalized spacial score (nSPS) is 14.7. The number of alkyl carbamates (subject to hydrolysis) is 1. The number of carbonyl (C=O) groups excluding carboxylic acids is 2. The van der Waals surface area contributed by atoms with E-state index in [2.05, 4.69) is 10.2 Å². The Morgan fingerprint density at radius 1 is 0.968 bits per heavy atom. The molecule has 1 saturated heterocycles. The second-order valence-corrected chi connectivity index (χ2v) is 8.66. The van der Waals surface area contributed by atoms with Crippen LogP contribution in [0.4, 0.5) is 14.9 Å². The first-order valence-corrected chi connectivity index (χ1v) is 10.6. The number of hydrogen-bond acceptors (Lipinski definition) is 4. The van der Waals surface area contributed by atoms with Crippen LogP contribution < -0.4 is 10.2 Å². The van der Waals surface area contributed by atoms with E-state index < -0.39 is 11.7 Å². The molecule has 1 N–H and O–H groups in total. The van der Waals surface area contributed by atoms with E-state index in [4.69, 9.17) is 4.74 Å². The van der Waals surface area contributed by atoms with Crippen LogP contribution in [0.2, 0.25) is 0 Å². The van der Waals surface area contributed by atoms with E-state index in [0.717, 1.165) is 24.2 Å². The summed E-state index contributed by atoms with van der Waals surface area (Å²) in [5, 5.41) is 2.71. The van der Waals surface area contributed by atoms with Crippen LogP contribution in [0.1, 0.15) is 43.1 Å². The fourth-order valence-corrected chi connectivity index (χ4v) is 3.47. The van der Waals surface area contributed by atoms with Crippen molar-refractivity contribution in [2.75, 3.05) is 31.1 Å². The van der Waals surface area contributed by atoms with Crippen LogP contribution in [0, 0.1) is 5.82 Å². The second-order valence-electron chi connectivity index (χ2n) is 8.66. The summed E-state index contributed by atoms with van der Waals surface area (Å²) in [7, 11) is 0. The molecule has 6 nitrogen and oxygen atoms in total. The Morgan fingerprint density at radius 3 is 2.29 bits per heavy atom. The van der Waals surface area contributed by atoms with Crippen molar-refractivity contribution in [3.8, 4) is 0 Å². The Balaban J connectivity index is 1.54. The topological polar surface area (TPSA) is 61.9 Å². The van der Waals surface area contributed by atoms with Gasteiger partial charge in [0, 0.05) is 44.0 Å². The van der Waals surface area contributed by atoms with Crippen molar-refractivity contribution in [3.63, 3.8) is 0 Å². The molecule has 0 atom stereocenters. The number of rotatable bonds is 4. The molecule has 1 heterocycles. The van der Waals surface area contributed by atoms with E-state index in [1.165, 1.54) is 12.1 Å². The Morgan fingerprint density at radius 2 is 1.65 bits per heavy atom. The zero-order chi connectivity index (χ0) is 22.4. The Hall–Kier alpha value is -3.09. The number of nitrogens with one attached hydrogen (secondary N) is 1. The Bertz CT molecular complexity index is 892. The molecule has 7 heteroatoms. The molecule has 0 bridgehead atoms. The lowest BCUT2D eigenvalue weighted by Crippen LogP contribution is -2.35. The van der Waals surface area contributed by atoms with Crippen molar-refractivity contribution in [2.24, 2.45) is 0 Å². The van der Waals surface area contributed by atoms with Gasteiger partial charge in [0.05, 0.1) is 0 Å². The molecule has 0 spiro atoms. The standard InChI is InChI=1S/C24H30FN3O3/c1-24(2,3)31-23(30)26-17-18-5-7-19(8-6-18)22(29)28-14-4-13-27(15-16-28)21-11-9-20(25)10-12-21/h5-12H,4,13-17H2,1-3H3,(H,26,30). The van der Waals surface area contributed by atoms with E-state index in [1.807, 2.05) is 37.8 Å². The number of halogens is 1. The average molecular weight is 428 g/mol. The molecule has 1 aliphatic heterocycles. The lowest BCUT2D eigenvalue weighted by atomic mass is 10.1. The molecule has 31 heavy (non-hydrogen) atoms. The predicted octanol–water partition coefficient (Wildman–Crippen LogP) is 4.20. The van der Waals surface area contributed by atoms with Gasteiger partial charge in [0.1, 0.15) is 11.4 Å². The van der Waals surface area contributed by atoms with Gasteiger partial charge in [-0.2, -0.15) is 0 Å². The molecule has 1 aliphatic rings. The molecule has 0 aliphatic carbocycles. The largest absolute Gasteiger partial charge is 0.444 e. The molecule has 0 aromatic heterocycles. The van der Waals surface area contributed by atoms with Crippen LogP contribution in [-0.4, -0.2) is 48.7 Å². The van der Waals surface area contributed by atoms with Crippen LogP contribution in [0.5, 0.6) is 0 Å². The minimum atomic E-state index is -0.542. The van der Waals surface area contributed by atoms with Gasteiger partial charge in [-0.1, -0.05) is 12.1 Å².